The average molecular weight is 344 g/mol. The first-order valence-electron chi connectivity index (χ1n) is 7.94. The van der Waals surface area contributed by atoms with Crippen LogP contribution in [0.25, 0.3) is 0 Å². The highest BCUT2D eigenvalue weighted by molar-refractivity contribution is 5.81. The van der Waals surface area contributed by atoms with Crippen LogP contribution in [0.1, 0.15) is 18.1 Å². The highest BCUT2D eigenvalue weighted by Gasteiger charge is 2.13. The Bertz CT molecular complexity index is 700. The van der Waals surface area contributed by atoms with E-state index in [0.29, 0.717) is 18.5 Å². The minimum atomic E-state index is -0.715. The Balaban J connectivity index is 1.71. The van der Waals surface area contributed by atoms with E-state index in [2.05, 4.69) is 10.5 Å². The molecule has 0 saturated heterocycles. The van der Waals surface area contributed by atoms with E-state index >= 15 is 0 Å². The van der Waals surface area contributed by atoms with Crippen LogP contribution >= 0.6 is 0 Å². The number of nitrogens with zero attached hydrogens (tertiary/aromatic N) is 1. The van der Waals surface area contributed by atoms with Gasteiger partial charge in [-0.25, -0.2) is 4.39 Å². The number of rotatable bonds is 8. The molecule has 0 aliphatic heterocycles. The summed E-state index contributed by atoms with van der Waals surface area (Å²) in [6, 6.07) is 13.5. The molecule has 25 heavy (non-hydrogen) atoms. The number of benzene rings is 2. The van der Waals surface area contributed by atoms with Crippen molar-refractivity contribution in [3.05, 3.63) is 65.5 Å². The molecule has 1 N–H and O–H groups in total. The molecule has 2 aromatic carbocycles. The topological polar surface area (TPSA) is 59.9 Å². The van der Waals surface area contributed by atoms with Crippen LogP contribution in [0.15, 0.2) is 53.7 Å². The van der Waals surface area contributed by atoms with Gasteiger partial charge < -0.3 is 14.9 Å². The van der Waals surface area contributed by atoms with Crippen LogP contribution in [0.2, 0.25) is 0 Å². The lowest BCUT2D eigenvalue weighted by atomic mass is 10.1. The van der Waals surface area contributed by atoms with Gasteiger partial charge in [0.25, 0.3) is 5.91 Å². The summed E-state index contributed by atoms with van der Waals surface area (Å²) in [4.78, 5) is 17.1. The van der Waals surface area contributed by atoms with E-state index in [0.717, 1.165) is 11.3 Å². The van der Waals surface area contributed by atoms with E-state index in [1.807, 2.05) is 24.3 Å². The SMILES string of the molecule is COc1ccc(CCNC(=O)C(C)O/N=C/c2ccc(F)cc2)cc1. The van der Waals surface area contributed by atoms with Crippen LogP contribution in [0, 0.1) is 5.82 Å². The van der Waals surface area contributed by atoms with E-state index in [1.165, 1.54) is 18.3 Å². The second-order valence-corrected chi connectivity index (χ2v) is 5.42. The Kier molecular flexibility index (Phi) is 6.95. The smallest absolute Gasteiger partial charge is 0.263 e. The predicted octanol–water partition coefficient (Wildman–Crippen LogP) is 2.93. The molecule has 0 aromatic heterocycles. The van der Waals surface area contributed by atoms with Crippen molar-refractivity contribution >= 4 is 12.1 Å². The Morgan fingerprint density at radius 1 is 1.20 bits per heavy atom. The third kappa shape index (κ3) is 6.25. The Hall–Kier alpha value is -2.89. The van der Waals surface area contributed by atoms with Gasteiger partial charge in [0.05, 0.1) is 13.3 Å². The maximum absolute atomic E-state index is 12.8. The van der Waals surface area contributed by atoms with Gasteiger partial charge in [-0.05, 0) is 48.7 Å². The number of carbonyl (C=O) groups is 1. The van der Waals surface area contributed by atoms with E-state index in [1.54, 1.807) is 26.2 Å². The molecule has 5 nitrogen and oxygen atoms in total. The lowest BCUT2D eigenvalue weighted by Gasteiger charge is -2.10. The lowest BCUT2D eigenvalue weighted by molar-refractivity contribution is -0.131. The first-order chi connectivity index (χ1) is 12.1. The number of amides is 1. The quantitative estimate of drug-likeness (QED) is 0.592. The highest BCUT2D eigenvalue weighted by atomic mass is 19.1. The number of ether oxygens (including phenoxy) is 1. The van der Waals surface area contributed by atoms with Gasteiger partial charge in [0, 0.05) is 6.54 Å². The highest BCUT2D eigenvalue weighted by Crippen LogP contribution is 2.11. The number of nitrogens with one attached hydrogen (secondary N) is 1. The zero-order valence-corrected chi connectivity index (χ0v) is 14.2. The zero-order chi connectivity index (χ0) is 18.1. The van der Waals surface area contributed by atoms with E-state index in [4.69, 9.17) is 9.57 Å². The third-order valence-electron chi connectivity index (χ3n) is 3.53. The summed E-state index contributed by atoms with van der Waals surface area (Å²) >= 11 is 0. The van der Waals surface area contributed by atoms with E-state index in [9.17, 15) is 9.18 Å². The number of hydrogen-bond acceptors (Lipinski definition) is 4. The van der Waals surface area contributed by atoms with Crippen LogP contribution in [-0.4, -0.2) is 31.9 Å². The standard InChI is InChI=1S/C19H21FN2O3/c1-14(25-22-13-16-3-7-17(20)8-4-16)19(23)21-12-11-15-5-9-18(24-2)10-6-15/h3-10,13-14H,11-12H2,1-2H3,(H,21,23)/b22-13+. The molecule has 6 heteroatoms. The van der Waals surface area contributed by atoms with Crippen molar-refractivity contribution in [3.63, 3.8) is 0 Å². The number of halogens is 1. The van der Waals surface area contributed by atoms with Gasteiger partial charge in [-0.15, -0.1) is 0 Å². The summed E-state index contributed by atoms with van der Waals surface area (Å²) in [6.45, 7) is 2.12. The van der Waals surface area contributed by atoms with Gasteiger partial charge in [0.1, 0.15) is 11.6 Å². The maximum Gasteiger partial charge on any atom is 0.263 e. The van der Waals surface area contributed by atoms with Gasteiger partial charge in [0.2, 0.25) is 6.10 Å². The molecule has 2 rings (SSSR count). The van der Waals surface area contributed by atoms with Crippen molar-refractivity contribution in [2.24, 2.45) is 5.16 Å². The molecule has 0 fully saturated rings. The van der Waals surface area contributed by atoms with Crippen LogP contribution in [0.3, 0.4) is 0 Å². The molecule has 1 unspecified atom stereocenters. The summed E-state index contributed by atoms with van der Waals surface area (Å²) in [5, 5.41) is 6.55. The number of carbonyl (C=O) groups excluding carboxylic acids is 1. The minimum absolute atomic E-state index is 0.246. The predicted molar refractivity (Wildman–Crippen MR) is 94.2 cm³/mol. The fraction of sp³-hybridized carbons (Fsp3) is 0.263. The second kappa shape index (κ2) is 9.42. The fourth-order valence-corrected chi connectivity index (χ4v) is 2.05. The summed E-state index contributed by atoms with van der Waals surface area (Å²) in [6.07, 6.45) is 1.43. The summed E-state index contributed by atoms with van der Waals surface area (Å²) < 4.78 is 17.9. The third-order valence-corrected chi connectivity index (χ3v) is 3.53. The van der Waals surface area contributed by atoms with Crippen molar-refractivity contribution in [2.45, 2.75) is 19.4 Å². The Labute approximate surface area is 146 Å². The van der Waals surface area contributed by atoms with Crippen molar-refractivity contribution in [2.75, 3.05) is 13.7 Å². The van der Waals surface area contributed by atoms with E-state index < -0.39 is 6.10 Å². The molecule has 0 aliphatic carbocycles. The molecular formula is C19H21FN2O3. The summed E-state index contributed by atoms with van der Waals surface area (Å²) in [5.41, 5.74) is 1.79. The van der Waals surface area contributed by atoms with Gasteiger partial charge in [-0.3, -0.25) is 4.79 Å². The molecule has 0 aliphatic rings. The van der Waals surface area contributed by atoms with Crippen molar-refractivity contribution in [3.8, 4) is 5.75 Å². The van der Waals surface area contributed by atoms with Crippen LogP contribution in [0.5, 0.6) is 5.75 Å². The molecule has 132 valence electrons. The normalized spacial score (nSPS) is 12.0. The number of hydrogen-bond donors (Lipinski definition) is 1. The molecule has 0 saturated carbocycles. The van der Waals surface area contributed by atoms with Gasteiger partial charge in [-0.1, -0.05) is 29.4 Å². The Morgan fingerprint density at radius 3 is 2.52 bits per heavy atom. The first kappa shape index (κ1) is 18.4. The van der Waals surface area contributed by atoms with Crippen molar-refractivity contribution in [1.29, 1.82) is 0 Å². The van der Waals surface area contributed by atoms with Crippen LogP contribution in [-0.2, 0) is 16.1 Å². The van der Waals surface area contributed by atoms with Crippen LogP contribution in [0.4, 0.5) is 4.39 Å². The largest absolute Gasteiger partial charge is 0.497 e. The minimum Gasteiger partial charge on any atom is -0.497 e. The van der Waals surface area contributed by atoms with Gasteiger partial charge >= 0.3 is 0 Å². The molecule has 0 heterocycles. The lowest BCUT2D eigenvalue weighted by Crippen LogP contribution is -2.34. The van der Waals surface area contributed by atoms with Crippen LogP contribution < -0.4 is 10.1 Å². The molecule has 0 radical (unpaired) electrons. The molecule has 1 amide bonds. The monoisotopic (exact) mass is 344 g/mol. The van der Waals surface area contributed by atoms with Crippen molar-refractivity contribution < 1.29 is 18.8 Å². The van der Waals surface area contributed by atoms with Gasteiger partial charge in [0.15, 0.2) is 0 Å². The van der Waals surface area contributed by atoms with Gasteiger partial charge in [-0.2, -0.15) is 0 Å². The molecule has 0 spiro atoms. The van der Waals surface area contributed by atoms with E-state index in [-0.39, 0.29) is 11.7 Å². The first-order valence-corrected chi connectivity index (χ1v) is 7.94. The number of oxime groups is 1. The average Bonchev–Trinajstić information content (AvgIpc) is 2.63. The molecule has 2 aromatic rings. The second-order valence-electron chi connectivity index (χ2n) is 5.42. The van der Waals surface area contributed by atoms with Crippen molar-refractivity contribution in [1.82, 2.24) is 5.32 Å². The number of methoxy groups -OCH3 is 1. The Morgan fingerprint density at radius 2 is 1.88 bits per heavy atom. The fourth-order valence-electron chi connectivity index (χ4n) is 2.05. The molecular weight excluding hydrogens is 323 g/mol. The molecule has 1 atom stereocenters. The zero-order valence-electron chi connectivity index (χ0n) is 14.2. The molecule has 0 bridgehead atoms. The maximum atomic E-state index is 12.8. The summed E-state index contributed by atoms with van der Waals surface area (Å²) in [5.74, 6) is 0.237. The summed E-state index contributed by atoms with van der Waals surface area (Å²) in [7, 11) is 1.62.